The summed E-state index contributed by atoms with van der Waals surface area (Å²) in [6.45, 7) is 3.45. The number of hydrogen-bond acceptors (Lipinski definition) is 4. The maximum absolute atomic E-state index is 5.62. The van der Waals surface area contributed by atoms with Crippen LogP contribution in [0.15, 0.2) is 28.1 Å². The van der Waals surface area contributed by atoms with E-state index in [1.54, 1.807) is 11.3 Å². The molecule has 0 saturated carbocycles. The molecular formula is C13H13BrN4S. The zero-order valence-corrected chi connectivity index (χ0v) is 12.8. The lowest BCUT2D eigenvalue weighted by Gasteiger charge is -2.03. The number of nitrogens with two attached hydrogens (primary N) is 1. The summed E-state index contributed by atoms with van der Waals surface area (Å²) in [6.07, 6.45) is 0. The van der Waals surface area contributed by atoms with Gasteiger partial charge in [-0.15, -0.1) is 11.3 Å². The average molecular weight is 337 g/mol. The van der Waals surface area contributed by atoms with E-state index in [-0.39, 0.29) is 0 Å². The van der Waals surface area contributed by atoms with E-state index in [2.05, 4.69) is 38.5 Å². The summed E-state index contributed by atoms with van der Waals surface area (Å²) in [7, 11) is 0. The Bertz CT molecular complexity index is 731. The summed E-state index contributed by atoms with van der Waals surface area (Å²) < 4.78 is 3.21. The van der Waals surface area contributed by atoms with Crippen molar-refractivity contribution >= 4 is 38.3 Å². The second kappa shape index (κ2) is 5.03. The van der Waals surface area contributed by atoms with E-state index in [1.165, 1.54) is 0 Å². The van der Waals surface area contributed by atoms with Crippen LogP contribution in [0, 0.1) is 0 Å². The number of imidazole rings is 1. The lowest BCUT2D eigenvalue weighted by Crippen LogP contribution is -1.99. The molecule has 0 atom stereocenters. The van der Waals surface area contributed by atoms with Gasteiger partial charge in [0.1, 0.15) is 10.7 Å². The lowest BCUT2D eigenvalue weighted by molar-refractivity contribution is 0.793. The van der Waals surface area contributed by atoms with Crippen LogP contribution < -0.4 is 5.73 Å². The molecule has 0 aliphatic rings. The number of thiazole rings is 1. The summed E-state index contributed by atoms with van der Waals surface area (Å²) in [6, 6.07) is 6.14. The Labute approximate surface area is 123 Å². The van der Waals surface area contributed by atoms with Gasteiger partial charge in [-0.25, -0.2) is 9.97 Å². The fourth-order valence-electron chi connectivity index (χ4n) is 2.13. The minimum atomic E-state index is 0.475. The standard InChI is InChI=1S/C13H13BrN4S/c1-2-18-11-4-3-8(14)5-9(11)17-13(18)10-7-19-12(6-15)16-10/h3-5,7H,2,6,15H2,1H3. The smallest absolute Gasteiger partial charge is 0.160 e. The molecule has 3 aromatic rings. The van der Waals surface area contributed by atoms with Gasteiger partial charge in [-0.3, -0.25) is 0 Å². The van der Waals surface area contributed by atoms with Gasteiger partial charge in [0, 0.05) is 22.9 Å². The van der Waals surface area contributed by atoms with Crippen molar-refractivity contribution in [2.75, 3.05) is 0 Å². The number of benzene rings is 1. The Morgan fingerprint density at radius 2 is 2.21 bits per heavy atom. The molecule has 0 amide bonds. The molecule has 0 bridgehead atoms. The van der Waals surface area contributed by atoms with E-state index < -0.39 is 0 Å². The molecular weight excluding hydrogens is 324 g/mol. The highest BCUT2D eigenvalue weighted by molar-refractivity contribution is 9.10. The molecule has 98 valence electrons. The Kier molecular flexibility index (Phi) is 3.38. The van der Waals surface area contributed by atoms with Crippen molar-refractivity contribution in [3.8, 4) is 11.5 Å². The Morgan fingerprint density at radius 3 is 2.89 bits per heavy atom. The first-order chi connectivity index (χ1) is 9.22. The molecule has 3 rings (SSSR count). The summed E-state index contributed by atoms with van der Waals surface area (Å²) in [4.78, 5) is 9.22. The highest BCUT2D eigenvalue weighted by Crippen LogP contribution is 2.27. The van der Waals surface area contributed by atoms with Crippen LogP contribution in [0.1, 0.15) is 11.9 Å². The van der Waals surface area contributed by atoms with E-state index in [9.17, 15) is 0 Å². The van der Waals surface area contributed by atoms with E-state index in [4.69, 9.17) is 10.7 Å². The number of fused-ring (bicyclic) bond motifs is 1. The number of halogens is 1. The second-order valence-corrected chi connectivity index (χ2v) is 6.00. The van der Waals surface area contributed by atoms with Crippen molar-refractivity contribution in [1.82, 2.24) is 14.5 Å². The monoisotopic (exact) mass is 336 g/mol. The van der Waals surface area contributed by atoms with E-state index >= 15 is 0 Å². The number of nitrogens with zero attached hydrogens (tertiary/aromatic N) is 3. The van der Waals surface area contributed by atoms with Crippen molar-refractivity contribution < 1.29 is 0 Å². The summed E-state index contributed by atoms with van der Waals surface area (Å²) in [5.41, 5.74) is 8.63. The molecule has 0 fully saturated rings. The molecule has 0 saturated heterocycles. The van der Waals surface area contributed by atoms with Crippen LogP contribution in [0.2, 0.25) is 0 Å². The Morgan fingerprint density at radius 1 is 1.37 bits per heavy atom. The molecule has 2 aromatic heterocycles. The molecule has 2 N–H and O–H groups in total. The quantitative estimate of drug-likeness (QED) is 0.797. The maximum atomic E-state index is 5.62. The molecule has 4 nitrogen and oxygen atoms in total. The highest BCUT2D eigenvalue weighted by Gasteiger charge is 2.14. The molecule has 6 heteroatoms. The zero-order chi connectivity index (χ0) is 13.4. The fraction of sp³-hybridized carbons (Fsp3) is 0.231. The molecule has 0 unspecified atom stereocenters. The third-order valence-corrected chi connectivity index (χ3v) is 4.35. The van der Waals surface area contributed by atoms with Crippen LogP contribution in [0.25, 0.3) is 22.6 Å². The predicted octanol–water partition coefficient (Wildman–Crippen LogP) is 3.40. The minimum absolute atomic E-state index is 0.475. The topological polar surface area (TPSA) is 56.7 Å². The Hall–Kier alpha value is -1.24. The van der Waals surface area contributed by atoms with Crippen molar-refractivity contribution in [2.24, 2.45) is 5.73 Å². The van der Waals surface area contributed by atoms with Crippen LogP contribution >= 0.6 is 27.3 Å². The van der Waals surface area contributed by atoms with Gasteiger partial charge in [-0.1, -0.05) is 15.9 Å². The largest absolute Gasteiger partial charge is 0.325 e. The Balaban J connectivity index is 2.22. The van der Waals surface area contributed by atoms with Crippen LogP contribution in [-0.2, 0) is 13.1 Å². The van der Waals surface area contributed by atoms with Gasteiger partial charge in [0.2, 0.25) is 0 Å². The summed E-state index contributed by atoms with van der Waals surface area (Å²) >= 11 is 5.06. The summed E-state index contributed by atoms with van der Waals surface area (Å²) in [5, 5.41) is 2.95. The molecule has 19 heavy (non-hydrogen) atoms. The molecule has 0 spiro atoms. The van der Waals surface area contributed by atoms with Gasteiger partial charge >= 0.3 is 0 Å². The lowest BCUT2D eigenvalue weighted by atomic mass is 10.3. The average Bonchev–Trinajstić information content (AvgIpc) is 3.01. The highest BCUT2D eigenvalue weighted by atomic mass is 79.9. The van der Waals surface area contributed by atoms with Crippen LogP contribution in [0.3, 0.4) is 0 Å². The van der Waals surface area contributed by atoms with Gasteiger partial charge in [-0.05, 0) is 25.1 Å². The SMILES string of the molecule is CCn1c(-c2csc(CN)n2)nc2cc(Br)ccc21. The minimum Gasteiger partial charge on any atom is -0.325 e. The molecule has 2 heterocycles. The maximum Gasteiger partial charge on any atom is 0.160 e. The van der Waals surface area contributed by atoms with Gasteiger partial charge in [0.05, 0.1) is 11.0 Å². The van der Waals surface area contributed by atoms with E-state index in [0.29, 0.717) is 6.54 Å². The van der Waals surface area contributed by atoms with Gasteiger partial charge in [0.15, 0.2) is 5.82 Å². The molecule has 0 aliphatic carbocycles. The van der Waals surface area contributed by atoms with Crippen LogP contribution in [0.4, 0.5) is 0 Å². The first-order valence-corrected chi connectivity index (χ1v) is 7.70. The first-order valence-electron chi connectivity index (χ1n) is 6.03. The summed E-state index contributed by atoms with van der Waals surface area (Å²) in [5.74, 6) is 0.909. The fourth-order valence-corrected chi connectivity index (χ4v) is 3.13. The number of rotatable bonds is 3. The number of aromatic nitrogens is 3. The van der Waals surface area contributed by atoms with Gasteiger partial charge in [0.25, 0.3) is 0 Å². The number of aryl methyl sites for hydroxylation is 1. The normalized spacial score (nSPS) is 11.3. The van der Waals surface area contributed by atoms with E-state index in [0.717, 1.165) is 38.6 Å². The molecule has 0 aliphatic heterocycles. The van der Waals surface area contributed by atoms with Crippen molar-refractivity contribution in [2.45, 2.75) is 20.0 Å². The van der Waals surface area contributed by atoms with Gasteiger partial charge < -0.3 is 10.3 Å². The van der Waals surface area contributed by atoms with Gasteiger partial charge in [-0.2, -0.15) is 0 Å². The van der Waals surface area contributed by atoms with Crippen molar-refractivity contribution in [3.05, 3.63) is 33.1 Å². The molecule has 1 aromatic carbocycles. The second-order valence-electron chi connectivity index (χ2n) is 4.14. The predicted molar refractivity (Wildman–Crippen MR) is 82.1 cm³/mol. The van der Waals surface area contributed by atoms with Crippen molar-refractivity contribution in [1.29, 1.82) is 0 Å². The third kappa shape index (κ3) is 2.20. The first kappa shape index (κ1) is 12.8. The van der Waals surface area contributed by atoms with E-state index in [1.807, 2.05) is 17.5 Å². The van der Waals surface area contributed by atoms with Crippen LogP contribution in [-0.4, -0.2) is 14.5 Å². The zero-order valence-electron chi connectivity index (χ0n) is 10.4. The van der Waals surface area contributed by atoms with Crippen molar-refractivity contribution in [3.63, 3.8) is 0 Å². The van der Waals surface area contributed by atoms with Crippen LogP contribution in [0.5, 0.6) is 0 Å². The number of hydrogen-bond donors (Lipinski definition) is 1. The third-order valence-electron chi connectivity index (χ3n) is 2.98. The molecule has 0 radical (unpaired) electrons.